The van der Waals surface area contributed by atoms with Gasteiger partial charge in [-0.05, 0) is 12.8 Å². The molecule has 1 saturated heterocycles. The minimum Gasteiger partial charge on any atom is -0.380 e. The van der Waals surface area contributed by atoms with Crippen molar-refractivity contribution in [1.29, 1.82) is 0 Å². The first kappa shape index (κ1) is 10.1. The van der Waals surface area contributed by atoms with Crippen molar-refractivity contribution in [2.24, 2.45) is 5.73 Å². The summed E-state index contributed by atoms with van der Waals surface area (Å²) in [6.45, 7) is 1.01. The van der Waals surface area contributed by atoms with E-state index < -0.39 is 0 Å². The highest BCUT2D eigenvalue weighted by atomic mass is 35.5. The Hall–Kier alpha value is 0.140. The van der Waals surface area contributed by atoms with Gasteiger partial charge >= 0.3 is 0 Å². The second-order valence-electron chi connectivity index (χ2n) is 2.46. The van der Waals surface area contributed by atoms with Gasteiger partial charge in [0.05, 0.1) is 4.99 Å². The van der Waals surface area contributed by atoms with Crippen molar-refractivity contribution in [3.05, 3.63) is 0 Å². The highest BCUT2D eigenvalue weighted by Gasteiger charge is 2.09. The molecule has 1 aliphatic heterocycles. The number of nitrogens with two attached hydrogens (primary N) is 1. The maximum atomic E-state index is 5.70. The lowest BCUT2D eigenvalue weighted by atomic mass is 10.1. The molecule has 0 aromatic rings. The van der Waals surface area contributed by atoms with Crippen molar-refractivity contribution in [3.63, 3.8) is 0 Å². The van der Waals surface area contributed by atoms with Crippen LogP contribution < -0.4 is 11.1 Å². The fourth-order valence-corrected chi connectivity index (χ4v) is 1.32. The van der Waals surface area contributed by atoms with Crippen LogP contribution in [0.4, 0.5) is 0 Å². The molecule has 1 unspecified atom stereocenters. The lowest BCUT2D eigenvalue weighted by Gasteiger charge is -2.04. The molecule has 1 aliphatic rings. The molecule has 0 spiro atoms. The first-order chi connectivity index (χ1) is 4.29. The van der Waals surface area contributed by atoms with Gasteiger partial charge in [0.15, 0.2) is 0 Å². The predicted molar refractivity (Wildman–Crippen MR) is 49.7 cm³/mol. The minimum absolute atomic E-state index is 0. The van der Waals surface area contributed by atoms with Crippen LogP contribution in [0.3, 0.4) is 0 Å². The highest BCUT2D eigenvalue weighted by molar-refractivity contribution is 7.80. The van der Waals surface area contributed by atoms with Crippen molar-refractivity contribution in [3.8, 4) is 0 Å². The van der Waals surface area contributed by atoms with Gasteiger partial charge in [0.2, 0.25) is 0 Å². The van der Waals surface area contributed by atoms with Crippen LogP contribution in [0.2, 0.25) is 0 Å². The molecule has 0 radical (unpaired) electrons. The number of rotatable bonds is 0. The Kier molecular flexibility index (Phi) is 4.95. The van der Waals surface area contributed by atoms with Gasteiger partial charge in [0, 0.05) is 19.0 Å². The number of hydrogen-bond donors (Lipinski definition) is 2. The summed E-state index contributed by atoms with van der Waals surface area (Å²) in [6.07, 6.45) is 3.13. The zero-order valence-electron chi connectivity index (χ0n) is 5.80. The lowest BCUT2D eigenvalue weighted by molar-refractivity contribution is 0.624. The first-order valence-corrected chi connectivity index (χ1v) is 3.72. The summed E-state index contributed by atoms with van der Waals surface area (Å²) in [5.41, 5.74) is 5.70. The molecule has 10 heavy (non-hydrogen) atoms. The van der Waals surface area contributed by atoms with Crippen LogP contribution in [0, 0.1) is 0 Å². The quantitative estimate of drug-likeness (QED) is 0.543. The smallest absolute Gasteiger partial charge is 0.0768 e. The van der Waals surface area contributed by atoms with E-state index in [0.29, 0.717) is 6.04 Å². The van der Waals surface area contributed by atoms with Crippen LogP contribution in [-0.2, 0) is 0 Å². The van der Waals surface area contributed by atoms with Gasteiger partial charge in [-0.1, -0.05) is 12.2 Å². The Bertz CT molecular complexity index is 118. The molecule has 0 aliphatic carbocycles. The molecule has 1 atom stereocenters. The topological polar surface area (TPSA) is 38.0 Å². The Morgan fingerprint density at radius 3 is 3.00 bits per heavy atom. The zero-order chi connectivity index (χ0) is 6.69. The summed E-state index contributed by atoms with van der Waals surface area (Å²) in [5.74, 6) is 0. The van der Waals surface area contributed by atoms with E-state index in [0.717, 1.165) is 30.8 Å². The summed E-state index contributed by atoms with van der Waals surface area (Å²) in [5, 5.41) is 3.13. The zero-order valence-corrected chi connectivity index (χ0v) is 7.43. The summed E-state index contributed by atoms with van der Waals surface area (Å²) in [4.78, 5) is 0.931. The molecule has 0 aromatic carbocycles. The van der Waals surface area contributed by atoms with E-state index in [1.807, 2.05) is 0 Å². The standard InChI is InChI=1S/C6H12N2S.ClH/c7-5-2-1-3-8-6(9)4-5;/h5H,1-4,7H2,(H,8,9);1H. The Morgan fingerprint density at radius 1 is 1.60 bits per heavy atom. The second kappa shape index (κ2) is 4.88. The Morgan fingerprint density at radius 2 is 2.30 bits per heavy atom. The first-order valence-electron chi connectivity index (χ1n) is 3.31. The average Bonchev–Trinajstić information content (AvgIpc) is 1.93. The van der Waals surface area contributed by atoms with Gasteiger partial charge in [0.1, 0.15) is 0 Å². The molecule has 60 valence electrons. The van der Waals surface area contributed by atoms with Crippen LogP contribution >= 0.6 is 24.6 Å². The maximum Gasteiger partial charge on any atom is 0.0768 e. The van der Waals surface area contributed by atoms with E-state index in [-0.39, 0.29) is 12.4 Å². The predicted octanol–water partition coefficient (Wildman–Crippen LogP) is 0.836. The van der Waals surface area contributed by atoms with Crippen molar-refractivity contribution >= 4 is 29.6 Å². The van der Waals surface area contributed by atoms with E-state index >= 15 is 0 Å². The number of hydrogen-bond acceptors (Lipinski definition) is 2. The molecule has 0 saturated carbocycles. The van der Waals surface area contributed by atoms with E-state index in [4.69, 9.17) is 18.0 Å². The fraction of sp³-hybridized carbons (Fsp3) is 0.833. The van der Waals surface area contributed by atoms with Gasteiger partial charge in [-0.2, -0.15) is 0 Å². The molecule has 1 rings (SSSR count). The monoisotopic (exact) mass is 180 g/mol. The van der Waals surface area contributed by atoms with E-state index in [1.54, 1.807) is 0 Å². The molecular formula is C6H13ClN2S. The summed E-state index contributed by atoms with van der Waals surface area (Å²) >= 11 is 4.98. The molecule has 0 bridgehead atoms. The molecule has 4 heteroatoms. The minimum atomic E-state index is 0. The summed E-state index contributed by atoms with van der Waals surface area (Å²) in [6, 6.07) is 0.299. The van der Waals surface area contributed by atoms with E-state index in [9.17, 15) is 0 Å². The average molecular weight is 181 g/mol. The second-order valence-corrected chi connectivity index (χ2v) is 2.95. The van der Waals surface area contributed by atoms with Gasteiger partial charge in [0.25, 0.3) is 0 Å². The van der Waals surface area contributed by atoms with Gasteiger partial charge < -0.3 is 11.1 Å². The molecule has 1 heterocycles. The van der Waals surface area contributed by atoms with Crippen molar-refractivity contribution in [1.82, 2.24) is 5.32 Å². The normalized spacial score (nSPS) is 26.1. The highest BCUT2D eigenvalue weighted by Crippen LogP contribution is 2.03. The Balaban J connectivity index is 0.000000810. The molecule has 3 N–H and O–H groups in total. The molecular weight excluding hydrogens is 168 g/mol. The molecule has 0 aromatic heterocycles. The van der Waals surface area contributed by atoms with E-state index in [2.05, 4.69) is 5.32 Å². The van der Waals surface area contributed by atoms with Crippen LogP contribution in [0.25, 0.3) is 0 Å². The lowest BCUT2D eigenvalue weighted by Crippen LogP contribution is -2.25. The number of halogens is 1. The largest absolute Gasteiger partial charge is 0.380 e. The third kappa shape index (κ3) is 3.34. The number of thiocarbonyl (C=S) groups is 1. The van der Waals surface area contributed by atoms with Crippen LogP contribution in [0.1, 0.15) is 19.3 Å². The molecule has 1 fully saturated rings. The van der Waals surface area contributed by atoms with Crippen LogP contribution in [0.5, 0.6) is 0 Å². The van der Waals surface area contributed by atoms with Gasteiger partial charge in [-0.3, -0.25) is 0 Å². The van der Waals surface area contributed by atoms with Gasteiger partial charge in [-0.15, -0.1) is 12.4 Å². The molecule has 2 nitrogen and oxygen atoms in total. The van der Waals surface area contributed by atoms with E-state index in [1.165, 1.54) is 0 Å². The fourth-order valence-electron chi connectivity index (χ4n) is 1.00. The SMILES string of the molecule is Cl.NC1CCCNC(=S)C1. The molecule has 0 amide bonds. The van der Waals surface area contributed by atoms with Crippen LogP contribution in [0.15, 0.2) is 0 Å². The Labute approximate surface area is 73.0 Å². The van der Waals surface area contributed by atoms with Crippen molar-refractivity contribution in [2.75, 3.05) is 6.54 Å². The van der Waals surface area contributed by atoms with Gasteiger partial charge in [-0.25, -0.2) is 0 Å². The van der Waals surface area contributed by atoms with Crippen LogP contribution in [-0.4, -0.2) is 17.6 Å². The number of nitrogens with one attached hydrogen (secondary N) is 1. The van der Waals surface area contributed by atoms with Crippen molar-refractivity contribution in [2.45, 2.75) is 25.3 Å². The summed E-state index contributed by atoms with van der Waals surface area (Å²) < 4.78 is 0. The third-order valence-electron chi connectivity index (χ3n) is 1.52. The summed E-state index contributed by atoms with van der Waals surface area (Å²) in [7, 11) is 0. The maximum absolute atomic E-state index is 5.70. The van der Waals surface area contributed by atoms with Crippen molar-refractivity contribution < 1.29 is 0 Å². The third-order valence-corrected chi connectivity index (χ3v) is 1.83.